The number of hydrogen-bond acceptors (Lipinski definition) is 5. The molecule has 0 saturated carbocycles. The van der Waals surface area contributed by atoms with E-state index in [1.165, 1.54) is 0 Å². The average molecular weight is 391 g/mol. The SMILES string of the molecule is O=C(CN1C2CC1CN(c1cc(C(F)(F)F)ncn1)C2)NCc1ccccc1. The minimum atomic E-state index is -4.49. The number of halogens is 3. The third kappa shape index (κ3) is 3.94. The van der Waals surface area contributed by atoms with E-state index in [2.05, 4.69) is 20.2 Å². The molecule has 5 rings (SSSR count). The molecule has 4 heterocycles. The first-order valence-corrected chi connectivity index (χ1v) is 9.11. The molecule has 148 valence electrons. The van der Waals surface area contributed by atoms with E-state index in [0.29, 0.717) is 26.2 Å². The van der Waals surface area contributed by atoms with Crippen LogP contribution in [0.3, 0.4) is 0 Å². The Labute approximate surface area is 160 Å². The van der Waals surface area contributed by atoms with E-state index < -0.39 is 11.9 Å². The van der Waals surface area contributed by atoms with Gasteiger partial charge in [0, 0.05) is 37.8 Å². The second-order valence-electron chi connectivity index (χ2n) is 7.14. The normalized spacial score (nSPS) is 21.9. The highest BCUT2D eigenvalue weighted by atomic mass is 19.4. The van der Waals surface area contributed by atoms with Gasteiger partial charge < -0.3 is 10.2 Å². The highest BCUT2D eigenvalue weighted by molar-refractivity contribution is 5.78. The van der Waals surface area contributed by atoms with Crippen molar-refractivity contribution in [3.63, 3.8) is 0 Å². The monoisotopic (exact) mass is 391 g/mol. The fourth-order valence-corrected chi connectivity index (χ4v) is 3.83. The molecule has 2 atom stereocenters. The molecule has 6 nitrogen and oxygen atoms in total. The number of alkyl halides is 3. The van der Waals surface area contributed by atoms with Crippen LogP contribution in [-0.2, 0) is 17.5 Å². The van der Waals surface area contributed by atoms with Crippen molar-refractivity contribution in [3.8, 4) is 0 Å². The van der Waals surface area contributed by atoms with Crippen molar-refractivity contribution in [2.24, 2.45) is 0 Å². The van der Waals surface area contributed by atoms with Crippen LogP contribution < -0.4 is 10.2 Å². The van der Waals surface area contributed by atoms with Crippen LogP contribution in [0, 0.1) is 0 Å². The number of aromatic nitrogens is 2. The molecule has 2 unspecified atom stereocenters. The Bertz CT molecular complexity index is 833. The molecule has 28 heavy (non-hydrogen) atoms. The Kier molecular flexibility index (Phi) is 4.92. The summed E-state index contributed by atoms with van der Waals surface area (Å²) in [6, 6.07) is 11.0. The van der Waals surface area contributed by atoms with Crippen molar-refractivity contribution in [2.45, 2.75) is 31.2 Å². The van der Waals surface area contributed by atoms with Gasteiger partial charge in [-0.05, 0) is 12.0 Å². The van der Waals surface area contributed by atoms with Crippen molar-refractivity contribution in [3.05, 3.63) is 54.0 Å². The highest BCUT2D eigenvalue weighted by Crippen LogP contribution is 2.35. The number of piperidine rings is 1. The largest absolute Gasteiger partial charge is 0.433 e. The van der Waals surface area contributed by atoms with E-state index in [1.807, 2.05) is 35.2 Å². The van der Waals surface area contributed by atoms with Gasteiger partial charge in [-0.15, -0.1) is 0 Å². The molecular formula is C19H20F3N5O. The van der Waals surface area contributed by atoms with E-state index in [0.717, 1.165) is 24.4 Å². The first kappa shape index (κ1) is 18.7. The van der Waals surface area contributed by atoms with Gasteiger partial charge in [-0.1, -0.05) is 30.3 Å². The molecule has 1 aromatic heterocycles. The Hall–Kier alpha value is -2.68. The van der Waals surface area contributed by atoms with Crippen LogP contribution in [0.5, 0.6) is 0 Å². The van der Waals surface area contributed by atoms with Crippen LogP contribution in [0.25, 0.3) is 0 Å². The summed E-state index contributed by atoms with van der Waals surface area (Å²) >= 11 is 0. The van der Waals surface area contributed by atoms with E-state index in [1.54, 1.807) is 0 Å². The summed E-state index contributed by atoms with van der Waals surface area (Å²) in [5.74, 6) is 0.235. The maximum Gasteiger partial charge on any atom is 0.433 e. The Balaban J connectivity index is 1.31. The van der Waals surface area contributed by atoms with Gasteiger partial charge in [0.25, 0.3) is 0 Å². The molecular weight excluding hydrogens is 371 g/mol. The molecule has 9 heteroatoms. The van der Waals surface area contributed by atoms with E-state index >= 15 is 0 Å². The lowest BCUT2D eigenvalue weighted by atomic mass is 9.87. The summed E-state index contributed by atoms with van der Waals surface area (Å²) in [6.07, 6.45) is -2.59. The van der Waals surface area contributed by atoms with Crippen LogP contribution in [0.1, 0.15) is 17.7 Å². The topological polar surface area (TPSA) is 61.4 Å². The molecule has 0 aliphatic carbocycles. The zero-order valence-corrected chi connectivity index (χ0v) is 15.1. The molecule has 0 spiro atoms. The lowest BCUT2D eigenvalue weighted by Gasteiger charge is -2.56. The van der Waals surface area contributed by atoms with Gasteiger partial charge in [0.2, 0.25) is 5.91 Å². The zero-order chi connectivity index (χ0) is 19.7. The number of rotatable bonds is 5. The lowest BCUT2D eigenvalue weighted by Crippen LogP contribution is -2.70. The fourth-order valence-electron chi connectivity index (χ4n) is 3.83. The number of benzene rings is 1. The van der Waals surface area contributed by atoms with Gasteiger partial charge >= 0.3 is 6.18 Å². The van der Waals surface area contributed by atoms with Crippen LogP contribution >= 0.6 is 0 Å². The Morgan fingerprint density at radius 2 is 1.86 bits per heavy atom. The standard InChI is InChI=1S/C19H20F3N5O/c20-19(21,22)16-7-17(25-12-24-16)26-9-14-6-15(10-26)27(14)11-18(28)23-8-13-4-2-1-3-5-13/h1-5,7,12,14-15H,6,8-11H2,(H,23,28). The number of fused-ring (bicyclic) bond motifs is 2. The number of nitrogens with one attached hydrogen (secondary N) is 1. The molecule has 1 aromatic carbocycles. The summed E-state index contributed by atoms with van der Waals surface area (Å²) in [6.45, 7) is 1.89. The predicted octanol–water partition coefficient (Wildman–Crippen LogP) is 2.07. The molecule has 0 radical (unpaired) electrons. The lowest BCUT2D eigenvalue weighted by molar-refractivity contribution is -0.141. The highest BCUT2D eigenvalue weighted by Gasteiger charge is 2.45. The summed E-state index contributed by atoms with van der Waals surface area (Å²) < 4.78 is 38.6. The molecule has 3 aliphatic heterocycles. The minimum Gasteiger partial charge on any atom is -0.353 e. The number of anilines is 1. The number of carbonyl (C=O) groups is 1. The third-order valence-corrected chi connectivity index (χ3v) is 5.27. The molecule has 3 aliphatic rings. The molecule has 1 amide bonds. The first-order chi connectivity index (χ1) is 13.4. The summed E-state index contributed by atoms with van der Waals surface area (Å²) in [4.78, 5) is 23.5. The molecule has 2 aromatic rings. The van der Waals surface area contributed by atoms with Crippen LogP contribution in [0.4, 0.5) is 19.0 Å². The second-order valence-corrected chi connectivity index (χ2v) is 7.14. The number of hydrogen-bond donors (Lipinski definition) is 1. The number of amides is 1. The minimum absolute atomic E-state index is 0.0478. The molecule has 3 fully saturated rings. The summed E-state index contributed by atoms with van der Waals surface area (Å²) in [5, 5.41) is 2.91. The zero-order valence-electron chi connectivity index (χ0n) is 15.1. The average Bonchev–Trinajstić information content (AvgIpc) is 2.71. The van der Waals surface area contributed by atoms with Gasteiger partial charge in [0.15, 0.2) is 0 Å². The smallest absolute Gasteiger partial charge is 0.353 e. The quantitative estimate of drug-likeness (QED) is 0.846. The van der Waals surface area contributed by atoms with Gasteiger partial charge in [-0.25, -0.2) is 9.97 Å². The van der Waals surface area contributed by atoms with Crippen molar-refractivity contribution in [1.29, 1.82) is 0 Å². The van der Waals surface area contributed by atoms with Gasteiger partial charge in [0.1, 0.15) is 17.8 Å². The maximum atomic E-state index is 12.9. The van der Waals surface area contributed by atoms with Gasteiger partial charge in [0.05, 0.1) is 6.54 Å². The van der Waals surface area contributed by atoms with Gasteiger partial charge in [-0.3, -0.25) is 9.69 Å². The van der Waals surface area contributed by atoms with Crippen LogP contribution in [-0.4, -0.2) is 52.5 Å². The number of piperazine rings is 1. The van der Waals surface area contributed by atoms with Gasteiger partial charge in [-0.2, -0.15) is 13.2 Å². The fraction of sp³-hybridized carbons (Fsp3) is 0.421. The maximum absolute atomic E-state index is 12.9. The van der Waals surface area contributed by atoms with E-state index in [9.17, 15) is 18.0 Å². The molecule has 1 N–H and O–H groups in total. The summed E-state index contributed by atoms with van der Waals surface area (Å²) in [5.41, 5.74) is 0.101. The van der Waals surface area contributed by atoms with Crippen molar-refractivity contribution >= 4 is 11.7 Å². The molecule has 3 saturated heterocycles. The Morgan fingerprint density at radius 1 is 1.14 bits per heavy atom. The van der Waals surface area contributed by atoms with Crippen LogP contribution in [0.2, 0.25) is 0 Å². The van der Waals surface area contributed by atoms with Crippen molar-refractivity contribution in [2.75, 3.05) is 24.5 Å². The van der Waals surface area contributed by atoms with Crippen LogP contribution in [0.15, 0.2) is 42.7 Å². The predicted molar refractivity (Wildman–Crippen MR) is 96.4 cm³/mol. The molecule has 2 bridgehead atoms. The van der Waals surface area contributed by atoms with E-state index in [-0.39, 0.29) is 23.8 Å². The van der Waals surface area contributed by atoms with E-state index in [4.69, 9.17) is 0 Å². The first-order valence-electron chi connectivity index (χ1n) is 9.11. The number of carbonyl (C=O) groups excluding carboxylic acids is 1. The summed E-state index contributed by atoms with van der Waals surface area (Å²) in [7, 11) is 0. The second kappa shape index (κ2) is 7.38. The third-order valence-electron chi connectivity index (χ3n) is 5.27. The van der Waals surface area contributed by atoms with Crippen molar-refractivity contribution < 1.29 is 18.0 Å². The number of nitrogens with zero attached hydrogens (tertiary/aromatic N) is 4. The van der Waals surface area contributed by atoms with Crippen molar-refractivity contribution in [1.82, 2.24) is 20.2 Å². The Morgan fingerprint density at radius 3 is 2.54 bits per heavy atom.